The molecule has 2 aromatic heterocycles. The molecule has 0 aliphatic carbocycles. The van der Waals surface area contributed by atoms with Gasteiger partial charge in [-0.2, -0.15) is 5.10 Å². The summed E-state index contributed by atoms with van der Waals surface area (Å²) in [6.07, 6.45) is 2.30. The van der Waals surface area contributed by atoms with Gasteiger partial charge in [-0.1, -0.05) is 24.6 Å². The molecule has 0 spiro atoms. The molecule has 2 aromatic rings. The first-order valence-corrected chi connectivity index (χ1v) is 7.13. The van der Waals surface area contributed by atoms with Gasteiger partial charge < -0.3 is 5.11 Å². The third kappa shape index (κ3) is 2.86. The zero-order valence-corrected chi connectivity index (χ0v) is 13.1. The maximum atomic E-state index is 10.4. The summed E-state index contributed by atoms with van der Waals surface area (Å²) in [6.45, 7) is 5.96. The van der Waals surface area contributed by atoms with Gasteiger partial charge in [-0.15, -0.1) is 0 Å². The first-order chi connectivity index (χ1) is 9.43. The molecule has 2 heterocycles. The molecule has 0 radical (unpaired) electrons. The Morgan fingerprint density at radius 3 is 2.65 bits per heavy atom. The van der Waals surface area contributed by atoms with Gasteiger partial charge in [-0.3, -0.25) is 9.67 Å². The molecule has 0 saturated heterocycles. The summed E-state index contributed by atoms with van der Waals surface area (Å²) in [5, 5.41) is 15.4. The highest BCUT2D eigenvalue weighted by molar-refractivity contribution is 6.31. The maximum Gasteiger partial charge on any atom is 0.102 e. The van der Waals surface area contributed by atoms with Crippen LogP contribution >= 0.6 is 11.6 Å². The van der Waals surface area contributed by atoms with Gasteiger partial charge in [0.2, 0.25) is 0 Å². The zero-order valence-electron chi connectivity index (χ0n) is 12.3. The molecule has 1 N–H and O–H groups in total. The minimum Gasteiger partial charge on any atom is -0.386 e. The molecular weight excluding hydrogens is 274 g/mol. The van der Waals surface area contributed by atoms with Crippen LogP contribution in [-0.2, 0) is 19.9 Å². The average molecular weight is 294 g/mol. The fourth-order valence-corrected chi connectivity index (χ4v) is 2.77. The van der Waals surface area contributed by atoms with Crippen LogP contribution in [0, 0.1) is 13.8 Å². The second-order valence-electron chi connectivity index (χ2n) is 5.12. The molecule has 0 fully saturated rings. The number of hydrogen-bond donors (Lipinski definition) is 1. The SMILES string of the molecule is CCc1nn(C)c(CC(O)c2ncc(C)cc2C)c1Cl. The Labute approximate surface area is 124 Å². The lowest BCUT2D eigenvalue weighted by Crippen LogP contribution is -2.10. The molecule has 0 saturated carbocycles. The van der Waals surface area contributed by atoms with Crippen LogP contribution in [0.25, 0.3) is 0 Å². The van der Waals surface area contributed by atoms with Crippen molar-refractivity contribution in [1.82, 2.24) is 14.8 Å². The molecule has 0 amide bonds. The Hall–Kier alpha value is -1.39. The van der Waals surface area contributed by atoms with Gasteiger partial charge in [-0.05, 0) is 31.4 Å². The van der Waals surface area contributed by atoms with E-state index >= 15 is 0 Å². The van der Waals surface area contributed by atoms with Crippen molar-refractivity contribution in [2.24, 2.45) is 7.05 Å². The van der Waals surface area contributed by atoms with Gasteiger partial charge in [0.15, 0.2) is 0 Å². The highest BCUT2D eigenvalue weighted by Crippen LogP contribution is 2.26. The fraction of sp³-hybridized carbons (Fsp3) is 0.467. The summed E-state index contributed by atoms with van der Waals surface area (Å²) >= 11 is 6.31. The number of aliphatic hydroxyl groups excluding tert-OH is 1. The lowest BCUT2D eigenvalue weighted by molar-refractivity contribution is 0.170. The van der Waals surface area contributed by atoms with Crippen molar-refractivity contribution in [2.45, 2.75) is 39.7 Å². The van der Waals surface area contributed by atoms with Crippen molar-refractivity contribution in [3.05, 3.63) is 45.5 Å². The van der Waals surface area contributed by atoms with Crippen LogP contribution in [0.15, 0.2) is 12.3 Å². The highest BCUT2D eigenvalue weighted by atomic mass is 35.5. The summed E-state index contributed by atoms with van der Waals surface area (Å²) in [4.78, 5) is 4.34. The number of aryl methyl sites for hydroxylation is 4. The van der Waals surface area contributed by atoms with E-state index in [9.17, 15) is 5.11 Å². The van der Waals surface area contributed by atoms with E-state index in [1.54, 1.807) is 10.9 Å². The molecule has 4 nitrogen and oxygen atoms in total. The lowest BCUT2D eigenvalue weighted by Gasteiger charge is -2.13. The minimum atomic E-state index is -0.673. The van der Waals surface area contributed by atoms with Crippen molar-refractivity contribution in [3.8, 4) is 0 Å². The first kappa shape index (κ1) is 15.0. The number of nitrogens with zero attached hydrogens (tertiary/aromatic N) is 3. The Morgan fingerprint density at radius 2 is 2.10 bits per heavy atom. The number of rotatable bonds is 4. The number of halogens is 1. The van der Waals surface area contributed by atoms with Crippen LogP contribution in [0.5, 0.6) is 0 Å². The molecular formula is C15H20ClN3O. The molecule has 20 heavy (non-hydrogen) atoms. The molecule has 0 bridgehead atoms. The van der Waals surface area contributed by atoms with Crippen LogP contribution in [0.4, 0.5) is 0 Å². The van der Waals surface area contributed by atoms with E-state index in [0.29, 0.717) is 17.1 Å². The van der Waals surface area contributed by atoms with Crippen molar-refractivity contribution < 1.29 is 5.11 Å². The van der Waals surface area contributed by atoms with Gasteiger partial charge in [-0.25, -0.2) is 0 Å². The fourth-order valence-electron chi connectivity index (χ4n) is 2.40. The normalized spacial score (nSPS) is 12.7. The predicted molar refractivity (Wildman–Crippen MR) is 80.0 cm³/mol. The predicted octanol–water partition coefficient (Wildman–Crippen LogP) is 2.92. The van der Waals surface area contributed by atoms with E-state index in [-0.39, 0.29) is 0 Å². The Bertz CT molecular complexity index is 622. The third-order valence-corrected chi connectivity index (χ3v) is 3.90. The second-order valence-corrected chi connectivity index (χ2v) is 5.50. The number of aromatic nitrogens is 3. The third-order valence-electron chi connectivity index (χ3n) is 3.46. The largest absolute Gasteiger partial charge is 0.386 e. The van der Waals surface area contributed by atoms with Crippen molar-refractivity contribution in [3.63, 3.8) is 0 Å². The molecule has 1 atom stereocenters. The average Bonchev–Trinajstić information content (AvgIpc) is 2.66. The van der Waals surface area contributed by atoms with Crippen molar-refractivity contribution >= 4 is 11.6 Å². The maximum absolute atomic E-state index is 10.4. The van der Waals surface area contributed by atoms with Gasteiger partial charge in [0.1, 0.15) is 6.10 Å². The van der Waals surface area contributed by atoms with Crippen molar-refractivity contribution in [2.75, 3.05) is 0 Å². The van der Waals surface area contributed by atoms with Gasteiger partial charge in [0.25, 0.3) is 0 Å². The Kier molecular flexibility index (Phi) is 4.45. The lowest BCUT2D eigenvalue weighted by atomic mass is 10.0. The molecule has 5 heteroatoms. The number of pyridine rings is 1. The topological polar surface area (TPSA) is 50.9 Å². The van der Waals surface area contributed by atoms with E-state index in [2.05, 4.69) is 10.1 Å². The first-order valence-electron chi connectivity index (χ1n) is 6.75. The zero-order chi connectivity index (χ0) is 14.9. The van der Waals surface area contributed by atoms with Crippen LogP contribution in [0.3, 0.4) is 0 Å². The summed E-state index contributed by atoms with van der Waals surface area (Å²) < 4.78 is 1.74. The van der Waals surface area contributed by atoms with Gasteiger partial charge in [0.05, 0.1) is 22.1 Å². The van der Waals surface area contributed by atoms with Crippen molar-refractivity contribution in [1.29, 1.82) is 0 Å². The van der Waals surface area contributed by atoms with E-state index in [1.807, 2.05) is 33.9 Å². The quantitative estimate of drug-likeness (QED) is 0.943. The standard InChI is InChI=1S/C15H20ClN3O/c1-5-11-14(16)12(19(4)18-11)7-13(20)15-10(3)6-9(2)8-17-15/h6,8,13,20H,5,7H2,1-4H3. The molecule has 1 unspecified atom stereocenters. The van der Waals surface area contributed by atoms with Crippen LogP contribution < -0.4 is 0 Å². The molecule has 0 aliphatic rings. The van der Waals surface area contributed by atoms with Crippen LogP contribution in [0.2, 0.25) is 5.02 Å². The highest BCUT2D eigenvalue weighted by Gasteiger charge is 2.19. The monoisotopic (exact) mass is 293 g/mol. The number of hydrogen-bond acceptors (Lipinski definition) is 3. The summed E-state index contributed by atoms with van der Waals surface area (Å²) in [5.41, 5.74) is 4.49. The minimum absolute atomic E-state index is 0.416. The van der Waals surface area contributed by atoms with Gasteiger partial charge in [0, 0.05) is 19.7 Å². The van der Waals surface area contributed by atoms with E-state index in [0.717, 1.165) is 28.9 Å². The Morgan fingerprint density at radius 1 is 1.40 bits per heavy atom. The molecule has 0 aromatic carbocycles. The summed E-state index contributed by atoms with van der Waals surface area (Å²) in [6, 6.07) is 2.02. The van der Waals surface area contributed by atoms with E-state index < -0.39 is 6.10 Å². The Balaban J connectivity index is 2.27. The summed E-state index contributed by atoms with van der Waals surface area (Å²) in [5.74, 6) is 0. The van der Waals surface area contributed by atoms with Crippen LogP contribution in [0.1, 0.15) is 41.2 Å². The molecule has 0 aliphatic heterocycles. The van der Waals surface area contributed by atoms with E-state index in [1.165, 1.54) is 0 Å². The smallest absolute Gasteiger partial charge is 0.102 e. The van der Waals surface area contributed by atoms with E-state index in [4.69, 9.17) is 11.6 Å². The second kappa shape index (κ2) is 5.94. The number of aliphatic hydroxyl groups is 1. The van der Waals surface area contributed by atoms with Gasteiger partial charge >= 0.3 is 0 Å². The summed E-state index contributed by atoms with van der Waals surface area (Å²) in [7, 11) is 1.85. The molecule has 2 rings (SSSR count). The molecule has 108 valence electrons. The van der Waals surface area contributed by atoms with Crippen LogP contribution in [-0.4, -0.2) is 19.9 Å².